The second-order valence-corrected chi connectivity index (χ2v) is 7.25. The van der Waals surface area contributed by atoms with Crippen LogP contribution in [0.15, 0.2) is 28.7 Å². The summed E-state index contributed by atoms with van der Waals surface area (Å²) in [6, 6.07) is 7.89. The van der Waals surface area contributed by atoms with Gasteiger partial charge >= 0.3 is 0 Å². The molecular formula is C18H23BrN4O2. The molecule has 0 atom stereocenters. The van der Waals surface area contributed by atoms with Gasteiger partial charge in [-0.05, 0) is 33.5 Å². The highest BCUT2D eigenvalue weighted by Gasteiger charge is 2.20. The van der Waals surface area contributed by atoms with E-state index in [0.29, 0.717) is 5.69 Å². The zero-order valence-corrected chi connectivity index (χ0v) is 16.1. The van der Waals surface area contributed by atoms with E-state index in [9.17, 15) is 4.79 Å². The van der Waals surface area contributed by atoms with Crippen LogP contribution in [0.3, 0.4) is 0 Å². The van der Waals surface area contributed by atoms with Crippen LogP contribution in [0, 0.1) is 0 Å². The summed E-state index contributed by atoms with van der Waals surface area (Å²) in [6.45, 7) is 8.23. The summed E-state index contributed by atoms with van der Waals surface area (Å²) >= 11 is 3.49. The molecule has 0 spiro atoms. The molecule has 25 heavy (non-hydrogen) atoms. The van der Waals surface area contributed by atoms with Crippen LogP contribution in [-0.2, 0) is 11.3 Å². The third-order valence-corrected chi connectivity index (χ3v) is 5.09. The smallest absolute Gasteiger partial charge is 0.277 e. The molecule has 2 heterocycles. The Morgan fingerprint density at radius 3 is 2.76 bits per heavy atom. The number of rotatable bonds is 5. The summed E-state index contributed by atoms with van der Waals surface area (Å²) in [5, 5.41) is 10.1. The minimum Gasteiger partial charge on any atom is -0.379 e. The zero-order chi connectivity index (χ0) is 17.8. The van der Waals surface area contributed by atoms with Gasteiger partial charge in [0.1, 0.15) is 0 Å². The molecule has 1 aromatic carbocycles. The molecule has 2 N–H and O–H groups in total. The number of hydrogen-bond donors (Lipinski definition) is 2. The van der Waals surface area contributed by atoms with Crippen LogP contribution < -0.4 is 5.32 Å². The Hall–Kier alpha value is -1.70. The quantitative estimate of drug-likeness (QED) is 0.798. The molecule has 1 amide bonds. The minimum atomic E-state index is -0.218. The number of amides is 1. The number of nitrogens with one attached hydrogen (secondary N) is 2. The lowest BCUT2D eigenvalue weighted by Gasteiger charge is -2.27. The minimum absolute atomic E-state index is 0.218. The van der Waals surface area contributed by atoms with Gasteiger partial charge in [-0.15, -0.1) is 0 Å². The molecule has 134 valence electrons. The number of ether oxygens (including phenoxy) is 1. The normalized spacial score (nSPS) is 15.5. The van der Waals surface area contributed by atoms with Crippen molar-refractivity contribution < 1.29 is 9.53 Å². The van der Waals surface area contributed by atoms with Crippen molar-refractivity contribution in [3.05, 3.63) is 45.7 Å². The summed E-state index contributed by atoms with van der Waals surface area (Å²) < 4.78 is 6.12. The maximum atomic E-state index is 12.7. The van der Waals surface area contributed by atoms with Crippen molar-refractivity contribution in [1.82, 2.24) is 15.1 Å². The molecule has 6 nitrogen and oxygen atoms in total. The molecule has 0 bridgehead atoms. The van der Waals surface area contributed by atoms with Gasteiger partial charge in [-0.2, -0.15) is 5.10 Å². The van der Waals surface area contributed by atoms with Gasteiger partial charge in [0.05, 0.1) is 23.4 Å². The van der Waals surface area contributed by atoms with Gasteiger partial charge in [0.2, 0.25) is 0 Å². The lowest BCUT2D eigenvalue weighted by molar-refractivity contribution is 0.0342. The predicted octanol–water partition coefficient (Wildman–Crippen LogP) is 3.38. The largest absolute Gasteiger partial charge is 0.379 e. The number of carbonyl (C=O) groups is 1. The van der Waals surface area contributed by atoms with Crippen molar-refractivity contribution in [2.45, 2.75) is 26.3 Å². The summed E-state index contributed by atoms with van der Waals surface area (Å²) in [5.41, 5.74) is 3.21. The van der Waals surface area contributed by atoms with Crippen LogP contribution >= 0.6 is 15.9 Å². The highest BCUT2D eigenvalue weighted by Crippen LogP contribution is 2.26. The fourth-order valence-electron chi connectivity index (χ4n) is 2.84. The van der Waals surface area contributed by atoms with E-state index in [2.05, 4.69) is 50.2 Å². The van der Waals surface area contributed by atoms with Crippen LogP contribution in [-0.4, -0.2) is 47.3 Å². The van der Waals surface area contributed by atoms with Gasteiger partial charge in [0.15, 0.2) is 5.69 Å². The molecular weight excluding hydrogens is 384 g/mol. The average molecular weight is 407 g/mol. The third kappa shape index (κ3) is 4.29. The van der Waals surface area contributed by atoms with E-state index in [1.54, 1.807) is 0 Å². The van der Waals surface area contributed by atoms with Crippen molar-refractivity contribution >= 4 is 27.5 Å². The first-order chi connectivity index (χ1) is 12.1. The molecule has 1 saturated heterocycles. The van der Waals surface area contributed by atoms with Crippen LogP contribution in [0.25, 0.3) is 0 Å². The van der Waals surface area contributed by atoms with Crippen molar-refractivity contribution in [2.24, 2.45) is 0 Å². The summed E-state index contributed by atoms with van der Waals surface area (Å²) in [6.07, 6.45) is 0. The summed E-state index contributed by atoms with van der Waals surface area (Å²) in [4.78, 5) is 15.0. The van der Waals surface area contributed by atoms with Gasteiger partial charge in [-0.3, -0.25) is 14.8 Å². The van der Waals surface area contributed by atoms with E-state index >= 15 is 0 Å². The average Bonchev–Trinajstić information content (AvgIpc) is 2.99. The number of hydrogen-bond acceptors (Lipinski definition) is 4. The number of aromatic nitrogens is 2. The molecule has 7 heteroatoms. The van der Waals surface area contributed by atoms with Crippen LogP contribution in [0.4, 0.5) is 5.69 Å². The van der Waals surface area contributed by atoms with Gasteiger partial charge in [-0.25, -0.2) is 0 Å². The lowest BCUT2D eigenvalue weighted by Crippen LogP contribution is -2.35. The van der Waals surface area contributed by atoms with Crippen LogP contribution in [0.1, 0.15) is 41.5 Å². The first kappa shape index (κ1) is 18.1. The second-order valence-electron chi connectivity index (χ2n) is 6.45. The van der Waals surface area contributed by atoms with E-state index in [1.165, 1.54) is 0 Å². The van der Waals surface area contributed by atoms with E-state index in [1.807, 2.05) is 24.3 Å². The maximum absolute atomic E-state index is 12.7. The van der Waals surface area contributed by atoms with Gasteiger partial charge in [0.25, 0.3) is 5.91 Å². The fourth-order valence-corrected chi connectivity index (χ4v) is 3.65. The van der Waals surface area contributed by atoms with Crippen LogP contribution in [0.5, 0.6) is 0 Å². The van der Waals surface area contributed by atoms with Crippen molar-refractivity contribution in [3.63, 3.8) is 0 Å². The number of aromatic amines is 1. The zero-order valence-electron chi connectivity index (χ0n) is 14.5. The monoisotopic (exact) mass is 406 g/mol. The molecule has 1 aliphatic heterocycles. The fraction of sp³-hybridized carbons (Fsp3) is 0.444. The topological polar surface area (TPSA) is 70.2 Å². The Morgan fingerprint density at radius 2 is 2.08 bits per heavy atom. The number of morpholine rings is 1. The Labute approximate surface area is 156 Å². The van der Waals surface area contributed by atoms with Gasteiger partial charge < -0.3 is 10.1 Å². The SMILES string of the molecule is CC(C)c1[nH]nc(C(=O)Nc2ccccc2CN2CCOCC2)c1Br. The molecule has 0 saturated carbocycles. The summed E-state index contributed by atoms with van der Waals surface area (Å²) in [7, 11) is 0. The van der Waals surface area contributed by atoms with Gasteiger partial charge in [0, 0.05) is 25.3 Å². The summed E-state index contributed by atoms with van der Waals surface area (Å²) in [5.74, 6) is 0.0430. The van der Waals surface area contributed by atoms with Gasteiger partial charge in [-0.1, -0.05) is 32.0 Å². The number of nitrogens with zero attached hydrogens (tertiary/aromatic N) is 2. The molecule has 0 radical (unpaired) electrons. The van der Waals surface area contributed by atoms with E-state index in [0.717, 1.165) is 54.3 Å². The maximum Gasteiger partial charge on any atom is 0.277 e. The molecule has 3 rings (SSSR count). The number of benzene rings is 1. The Balaban J connectivity index is 1.75. The number of anilines is 1. The Morgan fingerprint density at radius 1 is 1.36 bits per heavy atom. The molecule has 1 fully saturated rings. The highest BCUT2D eigenvalue weighted by atomic mass is 79.9. The Kier molecular flexibility index (Phi) is 5.88. The number of carbonyl (C=O) groups excluding carboxylic acids is 1. The number of halogens is 1. The number of H-pyrrole nitrogens is 1. The van der Waals surface area contributed by atoms with E-state index < -0.39 is 0 Å². The molecule has 0 unspecified atom stereocenters. The standard InChI is InChI=1S/C18H23BrN4O2/c1-12(2)16-15(19)17(22-21-16)18(24)20-14-6-4-3-5-13(14)11-23-7-9-25-10-8-23/h3-6,12H,7-11H2,1-2H3,(H,20,24)(H,21,22). The van der Waals surface area contributed by atoms with E-state index in [4.69, 9.17) is 4.74 Å². The highest BCUT2D eigenvalue weighted by molar-refractivity contribution is 9.10. The van der Waals surface area contributed by atoms with Crippen molar-refractivity contribution in [2.75, 3.05) is 31.6 Å². The second kappa shape index (κ2) is 8.12. The Bertz CT molecular complexity index is 738. The number of para-hydroxylation sites is 1. The molecule has 1 aromatic heterocycles. The van der Waals surface area contributed by atoms with E-state index in [-0.39, 0.29) is 11.8 Å². The van der Waals surface area contributed by atoms with Crippen molar-refractivity contribution in [1.29, 1.82) is 0 Å². The lowest BCUT2D eigenvalue weighted by atomic mass is 10.1. The van der Waals surface area contributed by atoms with Crippen molar-refractivity contribution in [3.8, 4) is 0 Å². The molecule has 2 aromatic rings. The third-order valence-electron chi connectivity index (χ3n) is 4.29. The molecule has 1 aliphatic rings. The first-order valence-corrected chi connectivity index (χ1v) is 9.28. The van der Waals surface area contributed by atoms with Crippen LogP contribution in [0.2, 0.25) is 0 Å². The molecule has 0 aliphatic carbocycles. The first-order valence-electron chi connectivity index (χ1n) is 8.49. The predicted molar refractivity (Wildman–Crippen MR) is 101 cm³/mol.